The molecule has 4 nitrogen and oxygen atoms in total. The fourth-order valence-corrected chi connectivity index (χ4v) is 0. The number of hydrogen-bond acceptors (Lipinski definition) is 2. The average molecular weight is 154 g/mol. The fourth-order valence-electron chi connectivity index (χ4n) is 0. The zero-order valence-corrected chi connectivity index (χ0v) is 4.39. The predicted octanol–water partition coefficient (Wildman–Crippen LogP) is -0.655. The van der Waals surface area contributed by atoms with Crippen LogP contribution in [0.25, 0.3) is 0 Å². The van der Waals surface area contributed by atoms with Crippen LogP contribution >= 0.6 is 0 Å². The minimum Gasteiger partial charge on any atom is -0.264 e. The third-order valence-electron chi connectivity index (χ3n) is 0. The van der Waals surface area contributed by atoms with Crippen molar-refractivity contribution in [1.29, 1.82) is 0 Å². The molecule has 37 valence electrons. The molecule has 6 heteroatoms. The van der Waals surface area contributed by atoms with E-state index in [9.17, 15) is 0 Å². The quantitative estimate of drug-likeness (QED) is 0.359. The van der Waals surface area contributed by atoms with E-state index >= 15 is 0 Å². The van der Waals surface area contributed by atoms with Crippen LogP contribution in [0.2, 0.25) is 0 Å². The van der Waals surface area contributed by atoms with Crippen molar-refractivity contribution in [3.8, 4) is 0 Å². The third-order valence-corrected chi connectivity index (χ3v) is 0. The van der Waals surface area contributed by atoms with E-state index in [1.807, 2.05) is 0 Å². The summed E-state index contributed by atoms with van der Waals surface area (Å²) in [6.07, 6.45) is 0. The molecule has 0 aliphatic heterocycles. The molecule has 0 atom stereocenters. The Morgan fingerprint density at radius 2 is 1.17 bits per heavy atom. The first kappa shape index (κ1) is 9.63. The van der Waals surface area contributed by atoms with Crippen molar-refractivity contribution in [1.82, 2.24) is 0 Å². The first-order chi connectivity index (χ1) is 2.00. The van der Waals surface area contributed by atoms with Gasteiger partial charge in [0.05, 0.1) is 0 Å². The van der Waals surface area contributed by atoms with Crippen molar-refractivity contribution >= 4 is 10.4 Å². The van der Waals surface area contributed by atoms with Gasteiger partial charge in [0.15, 0.2) is 0 Å². The molecule has 0 amide bonds. The Morgan fingerprint density at radius 1 is 1.17 bits per heavy atom. The fraction of sp³-hybridized carbons (Fsp3) is 0. The Balaban J connectivity index is 0. The Labute approximate surface area is 45.6 Å². The van der Waals surface area contributed by atoms with Crippen LogP contribution in [0.3, 0.4) is 0 Å². The van der Waals surface area contributed by atoms with Crippen molar-refractivity contribution < 1.29 is 34.6 Å². The van der Waals surface area contributed by atoms with E-state index in [4.69, 9.17) is 17.5 Å². The summed E-state index contributed by atoms with van der Waals surface area (Å²) in [6.45, 7) is 0. The van der Waals surface area contributed by atoms with Crippen LogP contribution in [0.15, 0.2) is 0 Å². The van der Waals surface area contributed by atoms with Crippen LogP contribution in [-0.2, 0) is 27.5 Å². The number of rotatable bonds is 0. The Morgan fingerprint density at radius 3 is 1.17 bits per heavy atom. The van der Waals surface area contributed by atoms with Crippen LogP contribution in [-0.4, -0.2) is 17.5 Å². The van der Waals surface area contributed by atoms with Gasteiger partial charge in [-0.1, -0.05) is 0 Å². The second-order valence-corrected chi connectivity index (χ2v) is 1.34. The zero-order valence-electron chi connectivity index (χ0n) is 2.47. The molecule has 0 rings (SSSR count). The van der Waals surface area contributed by atoms with Gasteiger partial charge in [-0.25, -0.2) is 0 Å². The molecule has 0 saturated heterocycles. The monoisotopic (exact) mass is 154 g/mol. The maximum absolute atomic E-state index is 8.74. The second kappa shape index (κ2) is 2.54. The van der Waals surface area contributed by atoms with E-state index in [0.29, 0.717) is 0 Å². The van der Waals surface area contributed by atoms with Crippen LogP contribution in [0.1, 0.15) is 0 Å². The van der Waals surface area contributed by atoms with Crippen molar-refractivity contribution in [2.24, 2.45) is 0 Å². The molecule has 0 aliphatic carbocycles. The van der Waals surface area contributed by atoms with Gasteiger partial charge < -0.3 is 0 Å². The summed E-state index contributed by atoms with van der Waals surface area (Å²) >= 11 is 0. The molecule has 0 aromatic rings. The van der Waals surface area contributed by atoms with E-state index in [2.05, 4.69) is 0 Å². The molecule has 0 heterocycles. The maximum atomic E-state index is 8.74. The van der Waals surface area contributed by atoms with E-state index in [1.54, 1.807) is 0 Å². The summed E-state index contributed by atoms with van der Waals surface area (Å²) in [5.74, 6) is 0. The molecule has 0 spiro atoms. The minimum absolute atomic E-state index is 0. The molecular formula is H2FeO4S+3. The molecule has 0 unspecified atom stereocenters. The second-order valence-electron chi connectivity index (χ2n) is 0.448. The summed E-state index contributed by atoms with van der Waals surface area (Å²) in [7, 11) is -4.67. The summed E-state index contributed by atoms with van der Waals surface area (Å²) in [6, 6.07) is 0. The van der Waals surface area contributed by atoms with Gasteiger partial charge in [0.1, 0.15) is 0 Å². The predicted molar refractivity (Wildman–Crippen MR) is 14.2 cm³/mol. The SMILES string of the molecule is O=S(=O)(O)O.[Fe+3]. The molecule has 0 fully saturated rings. The van der Waals surface area contributed by atoms with Gasteiger partial charge in [0.25, 0.3) is 0 Å². The molecular weight excluding hydrogens is 152 g/mol. The Kier molecular flexibility index (Phi) is 4.08. The zero-order chi connectivity index (χ0) is 4.50. The average Bonchev–Trinajstić information content (AvgIpc) is 0.722. The van der Waals surface area contributed by atoms with Gasteiger partial charge in [-0.2, -0.15) is 8.42 Å². The molecule has 1 radical (unpaired) electrons. The Hall–Kier alpha value is 0.389. The van der Waals surface area contributed by atoms with Gasteiger partial charge >= 0.3 is 27.5 Å². The molecule has 0 aliphatic rings. The van der Waals surface area contributed by atoms with Crippen LogP contribution in [0.5, 0.6) is 0 Å². The van der Waals surface area contributed by atoms with Crippen molar-refractivity contribution in [2.75, 3.05) is 0 Å². The van der Waals surface area contributed by atoms with Crippen LogP contribution < -0.4 is 0 Å². The number of hydrogen-bond donors (Lipinski definition) is 2. The van der Waals surface area contributed by atoms with E-state index in [-0.39, 0.29) is 17.1 Å². The topological polar surface area (TPSA) is 74.6 Å². The van der Waals surface area contributed by atoms with Crippen LogP contribution in [0.4, 0.5) is 0 Å². The normalized spacial score (nSPS) is 9.67. The van der Waals surface area contributed by atoms with Gasteiger partial charge in [-0.3, -0.25) is 9.11 Å². The Bertz CT molecular complexity index is 90.7. The van der Waals surface area contributed by atoms with E-state index in [0.717, 1.165) is 0 Å². The molecule has 2 N–H and O–H groups in total. The van der Waals surface area contributed by atoms with Gasteiger partial charge in [-0.15, -0.1) is 0 Å². The largest absolute Gasteiger partial charge is 3.00 e. The van der Waals surface area contributed by atoms with Crippen molar-refractivity contribution in [3.05, 3.63) is 0 Å². The summed E-state index contributed by atoms with van der Waals surface area (Å²) < 4.78 is 31.6. The molecule has 0 bridgehead atoms. The first-order valence-corrected chi connectivity index (χ1v) is 2.10. The van der Waals surface area contributed by atoms with Crippen molar-refractivity contribution in [2.45, 2.75) is 0 Å². The van der Waals surface area contributed by atoms with Crippen molar-refractivity contribution in [3.63, 3.8) is 0 Å². The van der Waals surface area contributed by atoms with E-state index in [1.165, 1.54) is 0 Å². The first-order valence-electron chi connectivity index (χ1n) is 0.698. The minimum atomic E-state index is -4.67. The summed E-state index contributed by atoms with van der Waals surface area (Å²) in [5, 5.41) is 0. The maximum Gasteiger partial charge on any atom is 3.00 e. The smallest absolute Gasteiger partial charge is 0.264 e. The third kappa shape index (κ3) is 332. The summed E-state index contributed by atoms with van der Waals surface area (Å²) in [4.78, 5) is 0. The van der Waals surface area contributed by atoms with E-state index < -0.39 is 10.4 Å². The molecule has 0 aromatic carbocycles. The van der Waals surface area contributed by atoms with Gasteiger partial charge in [-0.05, 0) is 0 Å². The summed E-state index contributed by atoms with van der Waals surface area (Å²) in [5.41, 5.74) is 0. The van der Waals surface area contributed by atoms with Gasteiger partial charge in [0.2, 0.25) is 0 Å². The molecule has 0 aromatic heterocycles. The molecule has 0 saturated carbocycles. The van der Waals surface area contributed by atoms with Gasteiger partial charge in [0, 0.05) is 0 Å². The molecule has 6 heavy (non-hydrogen) atoms. The van der Waals surface area contributed by atoms with Crippen LogP contribution in [0, 0.1) is 0 Å². The standard InChI is InChI=1S/Fe.H2O4S/c;1-5(2,3)4/h;(H2,1,2,3,4)/q+3;.